The number of rotatable bonds is 9. The average Bonchev–Trinajstić information content (AvgIpc) is 3.07. The predicted octanol–water partition coefficient (Wildman–Crippen LogP) is 2.51. The summed E-state index contributed by atoms with van der Waals surface area (Å²) in [4.78, 5) is 22.5. The molecule has 1 rings (SSSR count). The van der Waals surface area contributed by atoms with Gasteiger partial charge in [-0.15, -0.1) is 0 Å². The van der Waals surface area contributed by atoms with E-state index in [9.17, 15) is 9.59 Å². The van der Waals surface area contributed by atoms with Crippen LogP contribution in [0.1, 0.15) is 58.8 Å². The van der Waals surface area contributed by atoms with E-state index in [0.717, 1.165) is 19.3 Å². The van der Waals surface area contributed by atoms with Crippen LogP contribution in [0.4, 0.5) is 4.79 Å². The third-order valence-corrected chi connectivity index (χ3v) is 3.75. The van der Waals surface area contributed by atoms with Crippen LogP contribution in [0.2, 0.25) is 0 Å². The number of hydrogen-bond acceptors (Lipinski definition) is 2. The molecule has 5 heteroatoms. The van der Waals surface area contributed by atoms with E-state index in [1.807, 2.05) is 6.92 Å². The number of amides is 2. The average molecular weight is 270 g/mol. The molecule has 1 saturated carbocycles. The van der Waals surface area contributed by atoms with Crippen LogP contribution in [0.15, 0.2) is 0 Å². The highest BCUT2D eigenvalue weighted by Crippen LogP contribution is 2.48. The Morgan fingerprint density at radius 2 is 1.95 bits per heavy atom. The molecule has 5 nitrogen and oxygen atoms in total. The van der Waals surface area contributed by atoms with Gasteiger partial charge in [0.1, 0.15) is 0 Å². The maximum Gasteiger partial charge on any atom is 0.315 e. The molecule has 0 aromatic carbocycles. The highest BCUT2D eigenvalue weighted by Gasteiger charge is 2.41. The Bertz CT molecular complexity index is 314. The molecule has 0 aromatic rings. The number of carboxylic acids is 1. The van der Waals surface area contributed by atoms with Crippen molar-refractivity contribution >= 4 is 12.0 Å². The number of carbonyl (C=O) groups is 2. The lowest BCUT2D eigenvalue weighted by atomic mass is 10.0. The van der Waals surface area contributed by atoms with Crippen molar-refractivity contribution in [2.24, 2.45) is 5.41 Å². The Hall–Kier alpha value is -1.26. The van der Waals surface area contributed by atoms with Crippen LogP contribution in [0.25, 0.3) is 0 Å². The lowest BCUT2D eigenvalue weighted by Gasteiger charge is -2.19. The number of urea groups is 1. The summed E-state index contributed by atoms with van der Waals surface area (Å²) in [6, 6.07) is -0.508. The van der Waals surface area contributed by atoms with E-state index in [0.29, 0.717) is 18.4 Å². The van der Waals surface area contributed by atoms with Gasteiger partial charge < -0.3 is 15.7 Å². The van der Waals surface area contributed by atoms with Gasteiger partial charge in [0.15, 0.2) is 0 Å². The van der Waals surface area contributed by atoms with E-state index in [-0.39, 0.29) is 18.5 Å². The molecule has 1 unspecified atom stereocenters. The molecule has 0 aliphatic heterocycles. The summed E-state index contributed by atoms with van der Waals surface area (Å²) in [5.74, 6) is -0.872. The fraction of sp³-hybridized carbons (Fsp3) is 0.857. The Morgan fingerprint density at radius 3 is 2.42 bits per heavy atom. The minimum atomic E-state index is -0.872. The fourth-order valence-electron chi connectivity index (χ4n) is 2.51. The lowest BCUT2D eigenvalue weighted by Crippen LogP contribution is -2.44. The first-order valence-electron chi connectivity index (χ1n) is 7.27. The van der Waals surface area contributed by atoms with E-state index in [1.54, 1.807) is 0 Å². The summed E-state index contributed by atoms with van der Waals surface area (Å²) in [5, 5.41) is 14.4. The molecule has 0 saturated heterocycles. The van der Waals surface area contributed by atoms with E-state index < -0.39 is 5.97 Å². The second kappa shape index (κ2) is 7.36. The smallest absolute Gasteiger partial charge is 0.315 e. The van der Waals surface area contributed by atoms with Gasteiger partial charge in [0.05, 0.1) is 6.42 Å². The largest absolute Gasteiger partial charge is 0.481 e. The zero-order chi connectivity index (χ0) is 14.3. The summed E-state index contributed by atoms with van der Waals surface area (Å²) in [6.45, 7) is 4.84. The monoisotopic (exact) mass is 270 g/mol. The van der Waals surface area contributed by atoms with Crippen molar-refractivity contribution in [2.45, 2.75) is 64.8 Å². The molecule has 110 valence electrons. The van der Waals surface area contributed by atoms with Crippen molar-refractivity contribution in [3.63, 3.8) is 0 Å². The molecule has 0 radical (unpaired) electrons. The minimum Gasteiger partial charge on any atom is -0.481 e. The van der Waals surface area contributed by atoms with Crippen LogP contribution >= 0.6 is 0 Å². The van der Waals surface area contributed by atoms with Crippen LogP contribution in [0, 0.1) is 5.41 Å². The number of aliphatic carboxylic acids is 1. The number of carbonyl (C=O) groups excluding carboxylic acids is 1. The van der Waals surface area contributed by atoms with E-state index in [4.69, 9.17) is 5.11 Å². The highest BCUT2D eigenvalue weighted by molar-refractivity contribution is 5.75. The predicted molar refractivity (Wildman–Crippen MR) is 74.1 cm³/mol. The zero-order valence-corrected chi connectivity index (χ0v) is 12.0. The quantitative estimate of drug-likeness (QED) is 0.602. The Kier molecular flexibility index (Phi) is 6.12. The molecule has 1 fully saturated rings. The molecule has 0 spiro atoms. The molecule has 1 aliphatic carbocycles. The summed E-state index contributed by atoms with van der Waals surface area (Å²) < 4.78 is 0. The van der Waals surface area contributed by atoms with Gasteiger partial charge >= 0.3 is 12.0 Å². The highest BCUT2D eigenvalue weighted by atomic mass is 16.4. The second-order valence-corrected chi connectivity index (χ2v) is 5.66. The number of carboxylic acid groups (broad SMARTS) is 1. The molecular weight excluding hydrogens is 244 g/mol. The van der Waals surface area contributed by atoms with Crippen molar-refractivity contribution < 1.29 is 14.7 Å². The first-order valence-corrected chi connectivity index (χ1v) is 7.27. The van der Waals surface area contributed by atoms with Crippen LogP contribution in [0.5, 0.6) is 0 Å². The van der Waals surface area contributed by atoms with Gasteiger partial charge in [-0.1, -0.05) is 26.7 Å². The summed E-state index contributed by atoms with van der Waals surface area (Å²) in [5.41, 5.74) is 0.319. The first kappa shape index (κ1) is 15.8. The molecule has 0 bridgehead atoms. The van der Waals surface area contributed by atoms with Crippen molar-refractivity contribution in [1.82, 2.24) is 10.6 Å². The summed E-state index contributed by atoms with van der Waals surface area (Å²) in [6.07, 6.45) is 6.21. The molecule has 19 heavy (non-hydrogen) atoms. The van der Waals surface area contributed by atoms with Crippen molar-refractivity contribution in [3.05, 3.63) is 0 Å². The topological polar surface area (TPSA) is 78.4 Å². The normalized spacial score (nSPS) is 17.6. The maximum absolute atomic E-state index is 11.8. The van der Waals surface area contributed by atoms with Crippen LogP contribution in [-0.4, -0.2) is 29.7 Å². The zero-order valence-electron chi connectivity index (χ0n) is 12.0. The van der Waals surface area contributed by atoms with Crippen molar-refractivity contribution in [3.8, 4) is 0 Å². The maximum atomic E-state index is 11.8. The van der Waals surface area contributed by atoms with Gasteiger partial charge in [-0.2, -0.15) is 0 Å². The molecule has 1 aliphatic rings. The van der Waals surface area contributed by atoms with E-state index >= 15 is 0 Å². The van der Waals surface area contributed by atoms with Gasteiger partial charge in [-0.25, -0.2) is 4.79 Å². The third-order valence-electron chi connectivity index (χ3n) is 3.75. The van der Waals surface area contributed by atoms with Gasteiger partial charge in [-0.3, -0.25) is 4.79 Å². The van der Waals surface area contributed by atoms with Gasteiger partial charge in [-0.05, 0) is 31.1 Å². The Labute approximate surface area is 115 Å². The molecule has 2 amide bonds. The molecule has 0 aromatic heterocycles. The molecule has 0 heterocycles. The van der Waals surface area contributed by atoms with Crippen molar-refractivity contribution in [1.29, 1.82) is 0 Å². The number of hydrogen-bond donors (Lipinski definition) is 3. The Balaban J connectivity index is 2.29. The standard InChI is InChI=1S/C14H26N2O3/c1-3-5-11(9-12(17)18)16-13(19)15-10-14(6-4-2)7-8-14/h11H,3-10H2,1-2H3,(H,17,18)(H2,15,16,19). The van der Waals surface area contributed by atoms with Gasteiger partial charge in [0.25, 0.3) is 0 Å². The minimum absolute atomic E-state index is 0.0125. The number of nitrogens with one attached hydrogen (secondary N) is 2. The molecule has 3 N–H and O–H groups in total. The second-order valence-electron chi connectivity index (χ2n) is 5.66. The first-order chi connectivity index (χ1) is 9.01. The van der Waals surface area contributed by atoms with Gasteiger partial charge in [0.2, 0.25) is 0 Å². The van der Waals surface area contributed by atoms with Gasteiger partial charge in [0, 0.05) is 12.6 Å². The van der Waals surface area contributed by atoms with E-state index in [1.165, 1.54) is 12.8 Å². The summed E-state index contributed by atoms with van der Waals surface area (Å²) >= 11 is 0. The van der Waals surface area contributed by atoms with E-state index in [2.05, 4.69) is 17.6 Å². The molecular formula is C14H26N2O3. The van der Waals surface area contributed by atoms with Crippen LogP contribution in [-0.2, 0) is 4.79 Å². The fourth-order valence-corrected chi connectivity index (χ4v) is 2.51. The Morgan fingerprint density at radius 1 is 1.26 bits per heavy atom. The summed E-state index contributed by atoms with van der Waals surface area (Å²) in [7, 11) is 0. The van der Waals surface area contributed by atoms with Crippen LogP contribution in [0.3, 0.4) is 0 Å². The third kappa shape index (κ3) is 5.94. The molecule has 1 atom stereocenters. The SMILES string of the molecule is CCCC(CC(=O)O)NC(=O)NCC1(CCC)CC1. The van der Waals surface area contributed by atoms with Crippen LogP contribution < -0.4 is 10.6 Å². The lowest BCUT2D eigenvalue weighted by molar-refractivity contribution is -0.137. The van der Waals surface area contributed by atoms with Crippen molar-refractivity contribution in [2.75, 3.05) is 6.54 Å².